The highest BCUT2D eigenvalue weighted by atomic mass is 14.6. The lowest BCUT2D eigenvalue weighted by atomic mass is 9.81. The van der Waals surface area contributed by atoms with E-state index in [1.54, 1.807) is 0 Å². The summed E-state index contributed by atoms with van der Waals surface area (Å²) in [5, 5.41) is 0. The molecule has 1 unspecified atom stereocenters. The van der Waals surface area contributed by atoms with Crippen molar-refractivity contribution in [3.8, 4) is 0 Å². The first-order valence-electron chi connectivity index (χ1n) is 4.87. The van der Waals surface area contributed by atoms with Crippen LogP contribution in [0, 0.1) is 23.7 Å². The van der Waals surface area contributed by atoms with Gasteiger partial charge in [0.05, 0.1) is 0 Å². The molecule has 1 aliphatic rings. The quantitative estimate of drug-likeness (QED) is 0.662. The minimum absolute atomic E-state index is 0.725. The van der Waals surface area contributed by atoms with Gasteiger partial charge in [0.1, 0.15) is 0 Å². The van der Waals surface area contributed by atoms with Crippen LogP contribution in [0.2, 0.25) is 0 Å². The van der Waals surface area contributed by atoms with Crippen molar-refractivity contribution in [1.82, 2.24) is 0 Å². The highest BCUT2D eigenvalue weighted by molar-refractivity contribution is 4.86. The van der Waals surface area contributed by atoms with Crippen LogP contribution in [-0.4, -0.2) is 6.54 Å². The Morgan fingerprint density at radius 3 is 2.09 bits per heavy atom. The van der Waals surface area contributed by atoms with Crippen molar-refractivity contribution < 1.29 is 0 Å². The summed E-state index contributed by atoms with van der Waals surface area (Å²) in [6, 6.07) is 0. The molecule has 11 heavy (non-hydrogen) atoms. The first-order chi connectivity index (χ1) is 5.16. The van der Waals surface area contributed by atoms with Gasteiger partial charge >= 0.3 is 0 Å². The molecule has 0 saturated heterocycles. The summed E-state index contributed by atoms with van der Waals surface area (Å²) in [6.45, 7) is 7.81. The third-order valence-electron chi connectivity index (χ3n) is 2.96. The average molecular weight is 155 g/mol. The molecular weight excluding hydrogens is 134 g/mol. The minimum atomic E-state index is 0.725. The number of nitrogens with two attached hydrogens (primary N) is 1. The molecule has 0 amide bonds. The van der Waals surface area contributed by atoms with Gasteiger partial charge in [0.2, 0.25) is 0 Å². The number of rotatable bonds is 4. The minimum Gasteiger partial charge on any atom is -0.330 e. The maximum atomic E-state index is 5.68. The molecule has 0 spiro atoms. The van der Waals surface area contributed by atoms with Gasteiger partial charge in [-0.05, 0) is 43.1 Å². The number of hydrogen-bond acceptors (Lipinski definition) is 1. The van der Waals surface area contributed by atoms with Gasteiger partial charge in [-0.3, -0.25) is 0 Å². The van der Waals surface area contributed by atoms with Crippen LogP contribution in [0.5, 0.6) is 0 Å². The Morgan fingerprint density at radius 2 is 1.82 bits per heavy atom. The van der Waals surface area contributed by atoms with Crippen molar-refractivity contribution in [2.45, 2.75) is 33.6 Å². The highest BCUT2D eigenvalue weighted by Crippen LogP contribution is 2.43. The summed E-state index contributed by atoms with van der Waals surface area (Å²) in [5.74, 6) is 3.44. The zero-order chi connectivity index (χ0) is 8.43. The summed E-state index contributed by atoms with van der Waals surface area (Å²) in [7, 11) is 0. The van der Waals surface area contributed by atoms with E-state index >= 15 is 0 Å². The first kappa shape index (κ1) is 9.05. The van der Waals surface area contributed by atoms with Crippen molar-refractivity contribution in [3.05, 3.63) is 0 Å². The van der Waals surface area contributed by atoms with E-state index in [9.17, 15) is 0 Å². The molecule has 0 bridgehead atoms. The maximum Gasteiger partial charge on any atom is -0.00487 e. The summed E-state index contributed by atoms with van der Waals surface area (Å²) in [4.78, 5) is 0. The Balaban J connectivity index is 2.44. The van der Waals surface area contributed by atoms with Crippen LogP contribution in [0.4, 0.5) is 0 Å². The van der Waals surface area contributed by atoms with E-state index in [-0.39, 0.29) is 0 Å². The predicted octanol–water partition coefficient (Wildman–Crippen LogP) is 2.26. The summed E-state index contributed by atoms with van der Waals surface area (Å²) < 4.78 is 0. The maximum absolute atomic E-state index is 5.68. The molecular formula is C10H21N. The monoisotopic (exact) mass is 155 g/mol. The molecule has 2 N–H and O–H groups in total. The lowest BCUT2D eigenvalue weighted by Crippen LogP contribution is -2.26. The fourth-order valence-electron chi connectivity index (χ4n) is 2.30. The average Bonchev–Trinajstić information content (AvgIpc) is 2.71. The number of hydrogen-bond donors (Lipinski definition) is 1. The van der Waals surface area contributed by atoms with Crippen molar-refractivity contribution in [1.29, 1.82) is 0 Å². The fourth-order valence-corrected chi connectivity index (χ4v) is 2.30. The van der Waals surface area contributed by atoms with E-state index in [0.29, 0.717) is 0 Å². The van der Waals surface area contributed by atoms with Gasteiger partial charge in [-0.1, -0.05) is 20.8 Å². The zero-order valence-corrected chi connectivity index (χ0v) is 8.01. The van der Waals surface area contributed by atoms with Crippen molar-refractivity contribution >= 4 is 0 Å². The Bertz CT molecular complexity index is 114. The standard InChI is InChI=1S/C10H21N/c1-7(2)10(8(3)6-11)9-4-5-9/h7-10H,4-6,11H2,1-3H3/t8?,10-/m1/s1. The van der Waals surface area contributed by atoms with Gasteiger partial charge in [-0.15, -0.1) is 0 Å². The normalized spacial score (nSPS) is 23.7. The van der Waals surface area contributed by atoms with Gasteiger partial charge < -0.3 is 5.73 Å². The summed E-state index contributed by atoms with van der Waals surface area (Å²) in [6.07, 6.45) is 2.90. The molecule has 0 aromatic heterocycles. The molecule has 0 aromatic carbocycles. The molecule has 1 saturated carbocycles. The Hall–Kier alpha value is -0.0400. The molecule has 66 valence electrons. The van der Waals surface area contributed by atoms with Crippen LogP contribution in [0.1, 0.15) is 33.6 Å². The van der Waals surface area contributed by atoms with E-state index in [4.69, 9.17) is 5.73 Å². The molecule has 0 radical (unpaired) electrons. The molecule has 0 heterocycles. The van der Waals surface area contributed by atoms with E-state index in [2.05, 4.69) is 20.8 Å². The molecule has 0 aromatic rings. The van der Waals surface area contributed by atoms with Crippen LogP contribution in [0.3, 0.4) is 0 Å². The molecule has 1 fully saturated rings. The van der Waals surface area contributed by atoms with Gasteiger partial charge in [0.25, 0.3) is 0 Å². The topological polar surface area (TPSA) is 26.0 Å². The van der Waals surface area contributed by atoms with Crippen molar-refractivity contribution in [3.63, 3.8) is 0 Å². The van der Waals surface area contributed by atoms with E-state index in [1.165, 1.54) is 12.8 Å². The van der Waals surface area contributed by atoms with Crippen molar-refractivity contribution in [2.75, 3.05) is 6.54 Å². The highest BCUT2D eigenvalue weighted by Gasteiger charge is 2.35. The molecule has 2 atom stereocenters. The molecule has 1 rings (SSSR count). The largest absolute Gasteiger partial charge is 0.330 e. The van der Waals surface area contributed by atoms with E-state index < -0.39 is 0 Å². The van der Waals surface area contributed by atoms with E-state index in [1.807, 2.05) is 0 Å². The smallest absolute Gasteiger partial charge is 0.00487 e. The Labute approximate surface area is 70.4 Å². The Morgan fingerprint density at radius 1 is 1.27 bits per heavy atom. The SMILES string of the molecule is CC(C)[C@H](C(C)CN)C1CC1. The lowest BCUT2D eigenvalue weighted by Gasteiger charge is -2.26. The second kappa shape index (κ2) is 3.57. The Kier molecular flexibility index (Phi) is 2.94. The van der Waals surface area contributed by atoms with Gasteiger partial charge in [0.15, 0.2) is 0 Å². The van der Waals surface area contributed by atoms with Crippen LogP contribution in [-0.2, 0) is 0 Å². The molecule has 1 nitrogen and oxygen atoms in total. The summed E-state index contributed by atoms with van der Waals surface area (Å²) in [5.41, 5.74) is 5.68. The van der Waals surface area contributed by atoms with Crippen LogP contribution < -0.4 is 5.73 Å². The first-order valence-corrected chi connectivity index (χ1v) is 4.87. The van der Waals surface area contributed by atoms with E-state index in [0.717, 1.165) is 30.2 Å². The van der Waals surface area contributed by atoms with Crippen molar-refractivity contribution in [2.24, 2.45) is 29.4 Å². The van der Waals surface area contributed by atoms with Crippen LogP contribution >= 0.6 is 0 Å². The van der Waals surface area contributed by atoms with Gasteiger partial charge in [-0.2, -0.15) is 0 Å². The second-order valence-electron chi connectivity index (χ2n) is 4.37. The zero-order valence-electron chi connectivity index (χ0n) is 8.01. The molecule has 0 aliphatic heterocycles. The lowest BCUT2D eigenvalue weighted by molar-refractivity contribution is 0.241. The summed E-state index contributed by atoms with van der Waals surface area (Å²) >= 11 is 0. The predicted molar refractivity (Wildman–Crippen MR) is 49.3 cm³/mol. The third kappa shape index (κ3) is 2.19. The van der Waals surface area contributed by atoms with Crippen LogP contribution in [0.15, 0.2) is 0 Å². The fraction of sp³-hybridized carbons (Fsp3) is 1.00. The van der Waals surface area contributed by atoms with Gasteiger partial charge in [-0.25, -0.2) is 0 Å². The second-order valence-corrected chi connectivity index (χ2v) is 4.37. The van der Waals surface area contributed by atoms with Gasteiger partial charge in [0, 0.05) is 0 Å². The molecule has 1 heteroatoms. The third-order valence-corrected chi connectivity index (χ3v) is 2.96. The molecule has 1 aliphatic carbocycles. The van der Waals surface area contributed by atoms with Crippen LogP contribution in [0.25, 0.3) is 0 Å².